The van der Waals surface area contributed by atoms with Crippen LogP contribution in [0.15, 0.2) is 48.5 Å². The minimum atomic E-state index is -3.33. The summed E-state index contributed by atoms with van der Waals surface area (Å²) in [6.45, 7) is 6.50. The summed E-state index contributed by atoms with van der Waals surface area (Å²) in [4.78, 5) is 16.9. The number of benzene rings is 2. The van der Waals surface area contributed by atoms with Gasteiger partial charge in [-0.15, -0.1) is 0 Å². The first-order chi connectivity index (χ1) is 13.9. The topological polar surface area (TPSA) is 60.9 Å². The molecular formula is C21H26ClN3O3S. The molecule has 0 bridgehead atoms. The highest BCUT2D eigenvalue weighted by molar-refractivity contribution is 7.92. The van der Waals surface area contributed by atoms with E-state index in [1.54, 1.807) is 38.1 Å². The van der Waals surface area contributed by atoms with E-state index in [1.807, 2.05) is 29.2 Å². The third-order valence-electron chi connectivity index (χ3n) is 5.13. The Kier molecular flexibility index (Phi) is 6.70. The highest BCUT2D eigenvalue weighted by Crippen LogP contribution is 2.23. The first-order valence-corrected chi connectivity index (χ1v) is 11.7. The molecule has 29 heavy (non-hydrogen) atoms. The van der Waals surface area contributed by atoms with Crippen LogP contribution in [-0.2, 0) is 10.0 Å². The number of amides is 1. The van der Waals surface area contributed by atoms with Crippen molar-refractivity contribution in [2.75, 3.05) is 47.7 Å². The number of halogens is 1. The fourth-order valence-electron chi connectivity index (χ4n) is 3.49. The zero-order chi connectivity index (χ0) is 21.0. The Hall–Kier alpha value is -2.25. The normalized spacial score (nSPS) is 14.7. The lowest BCUT2D eigenvalue weighted by Crippen LogP contribution is -2.48. The van der Waals surface area contributed by atoms with Crippen LogP contribution in [0.2, 0.25) is 5.02 Å². The first kappa shape index (κ1) is 21.5. The van der Waals surface area contributed by atoms with Crippen LogP contribution in [0.4, 0.5) is 11.4 Å². The van der Waals surface area contributed by atoms with E-state index in [0.717, 1.165) is 18.8 Å². The molecule has 0 radical (unpaired) electrons. The molecule has 1 amide bonds. The van der Waals surface area contributed by atoms with Crippen molar-refractivity contribution < 1.29 is 13.2 Å². The van der Waals surface area contributed by atoms with Gasteiger partial charge >= 0.3 is 0 Å². The predicted molar refractivity (Wildman–Crippen MR) is 118 cm³/mol. The van der Waals surface area contributed by atoms with Crippen molar-refractivity contribution in [3.05, 3.63) is 59.1 Å². The number of sulfonamides is 1. The number of carbonyl (C=O) groups excluding carboxylic acids is 1. The molecular weight excluding hydrogens is 410 g/mol. The molecule has 8 heteroatoms. The Morgan fingerprint density at radius 2 is 1.69 bits per heavy atom. The smallest absolute Gasteiger partial charge is 0.253 e. The lowest BCUT2D eigenvalue weighted by molar-refractivity contribution is 0.0747. The van der Waals surface area contributed by atoms with E-state index in [2.05, 4.69) is 4.90 Å². The van der Waals surface area contributed by atoms with Crippen molar-refractivity contribution in [2.24, 2.45) is 0 Å². The van der Waals surface area contributed by atoms with Crippen LogP contribution in [-0.4, -0.2) is 57.7 Å². The number of carbonyl (C=O) groups is 1. The molecule has 0 N–H and O–H groups in total. The second-order valence-corrected chi connectivity index (χ2v) is 9.49. The van der Waals surface area contributed by atoms with Gasteiger partial charge in [0.05, 0.1) is 11.4 Å². The maximum Gasteiger partial charge on any atom is 0.253 e. The van der Waals surface area contributed by atoms with Gasteiger partial charge in [-0.25, -0.2) is 8.42 Å². The molecule has 0 aliphatic carbocycles. The number of piperazine rings is 1. The molecule has 1 heterocycles. The van der Waals surface area contributed by atoms with Gasteiger partial charge in [0.2, 0.25) is 10.0 Å². The highest BCUT2D eigenvalue weighted by Gasteiger charge is 2.23. The zero-order valence-corrected chi connectivity index (χ0v) is 18.3. The summed E-state index contributed by atoms with van der Waals surface area (Å²) in [5.74, 6) is 0.00186. The van der Waals surface area contributed by atoms with Crippen LogP contribution in [0.25, 0.3) is 0 Å². The Morgan fingerprint density at radius 3 is 2.24 bits per heavy atom. The molecule has 1 saturated heterocycles. The van der Waals surface area contributed by atoms with E-state index in [-0.39, 0.29) is 11.7 Å². The average Bonchev–Trinajstić information content (AvgIpc) is 2.74. The van der Waals surface area contributed by atoms with Crippen molar-refractivity contribution in [2.45, 2.75) is 13.8 Å². The number of hydrogen-bond acceptors (Lipinski definition) is 4. The fraction of sp³-hybridized carbons (Fsp3) is 0.381. The molecule has 1 aliphatic heterocycles. The summed E-state index contributed by atoms with van der Waals surface area (Å²) in [7, 11) is -3.33. The van der Waals surface area contributed by atoms with Crippen molar-refractivity contribution in [3.63, 3.8) is 0 Å². The summed E-state index contributed by atoms with van der Waals surface area (Å²) in [5.41, 5.74) is 2.21. The summed E-state index contributed by atoms with van der Waals surface area (Å²) >= 11 is 6.07. The summed E-state index contributed by atoms with van der Waals surface area (Å²) in [6.07, 6.45) is 0. The van der Waals surface area contributed by atoms with Crippen molar-refractivity contribution in [1.29, 1.82) is 0 Å². The minimum Gasteiger partial charge on any atom is -0.368 e. The Bertz CT molecular complexity index is 955. The van der Waals surface area contributed by atoms with Gasteiger partial charge < -0.3 is 9.80 Å². The van der Waals surface area contributed by atoms with Gasteiger partial charge in [-0.05, 0) is 56.3 Å². The maximum atomic E-state index is 12.9. The monoisotopic (exact) mass is 435 g/mol. The maximum absolute atomic E-state index is 12.9. The molecule has 0 spiro atoms. The van der Waals surface area contributed by atoms with E-state index in [1.165, 1.54) is 4.31 Å². The summed E-state index contributed by atoms with van der Waals surface area (Å²) < 4.78 is 25.8. The second-order valence-electron chi connectivity index (χ2n) is 6.87. The van der Waals surface area contributed by atoms with Gasteiger partial charge in [-0.2, -0.15) is 0 Å². The molecule has 0 aromatic heterocycles. The largest absolute Gasteiger partial charge is 0.368 e. The lowest BCUT2D eigenvalue weighted by atomic mass is 10.1. The molecule has 1 fully saturated rings. The number of anilines is 2. The first-order valence-electron chi connectivity index (χ1n) is 9.76. The molecule has 156 valence electrons. The molecule has 2 aromatic rings. The molecule has 3 rings (SSSR count). The number of rotatable bonds is 6. The van der Waals surface area contributed by atoms with Crippen molar-refractivity contribution >= 4 is 38.9 Å². The Labute approximate surface area is 177 Å². The van der Waals surface area contributed by atoms with Crippen LogP contribution < -0.4 is 9.21 Å². The summed E-state index contributed by atoms with van der Waals surface area (Å²) in [6, 6.07) is 14.5. The second kappa shape index (κ2) is 9.05. The Morgan fingerprint density at radius 1 is 1.03 bits per heavy atom. The van der Waals surface area contributed by atoms with Gasteiger partial charge in [0.1, 0.15) is 0 Å². The molecule has 0 unspecified atom stereocenters. The van der Waals surface area contributed by atoms with Crippen molar-refractivity contribution in [1.82, 2.24) is 4.90 Å². The SMILES string of the molecule is CCN(c1ccc(C(=O)N2CCN(c3cccc(Cl)c3)CC2)cc1)S(=O)(=O)CC. The van der Waals surface area contributed by atoms with E-state index >= 15 is 0 Å². The zero-order valence-electron chi connectivity index (χ0n) is 16.7. The molecule has 6 nitrogen and oxygen atoms in total. The fourth-order valence-corrected chi connectivity index (χ4v) is 4.82. The standard InChI is InChI=1S/C21H26ClN3O3S/c1-3-25(29(27,28)4-2)19-10-8-17(9-11-19)21(26)24-14-12-23(13-15-24)20-7-5-6-18(22)16-20/h5-11,16H,3-4,12-15H2,1-2H3. The average molecular weight is 436 g/mol. The third kappa shape index (κ3) is 4.85. The predicted octanol–water partition coefficient (Wildman–Crippen LogP) is 3.48. The molecule has 2 aromatic carbocycles. The van der Waals surface area contributed by atoms with Crippen LogP contribution in [0.5, 0.6) is 0 Å². The highest BCUT2D eigenvalue weighted by atomic mass is 35.5. The van der Waals surface area contributed by atoms with Gasteiger partial charge in [0.25, 0.3) is 5.91 Å². The van der Waals surface area contributed by atoms with Crippen LogP contribution >= 0.6 is 11.6 Å². The van der Waals surface area contributed by atoms with E-state index < -0.39 is 10.0 Å². The van der Waals surface area contributed by atoms with Gasteiger partial charge in [-0.3, -0.25) is 9.10 Å². The lowest BCUT2D eigenvalue weighted by Gasteiger charge is -2.36. The number of hydrogen-bond donors (Lipinski definition) is 0. The van der Waals surface area contributed by atoms with Gasteiger partial charge in [0, 0.05) is 49.0 Å². The summed E-state index contributed by atoms with van der Waals surface area (Å²) in [5, 5.41) is 0.701. The van der Waals surface area contributed by atoms with Crippen molar-refractivity contribution in [3.8, 4) is 0 Å². The van der Waals surface area contributed by atoms with Crippen LogP contribution in [0.3, 0.4) is 0 Å². The van der Waals surface area contributed by atoms with Crippen LogP contribution in [0, 0.1) is 0 Å². The Balaban J connectivity index is 1.66. The molecule has 0 saturated carbocycles. The number of nitrogens with zero attached hydrogens (tertiary/aromatic N) is 3. The minimum absolute atomic E-state index is 0.0382. The van der Waals surface area contributed by atoms with Crippen LogP contribution in [0.1, 0.15) is 24.2 Å². The van der Waals surface area contributed by atoms with E-state index in [0.29, 0.717) is 35.9 Å². The quantitative estimate of drug-likeness (QED) is 0.697. The van der Waals surface area contributed by atoms with E-state index in [4.69, 9.17) is 11.6 Å². The molecule has 1 aliphatic rings. The van der Waals surface area contributed by atoms with Gasteiger partial charge in [0.15, 0.2) is 0 Å². The third-order valence-corrected chi connectivity index (χ3v) is 7.24. The van der Waals surface area contributed by atoms with Gasteiger partial charge in [-0.1, -0.05) is 17.7 Å². The van der Waals surface area contributed by atoms with E-state index in [9.17, 15) is 13.2 Å². The molecule has 0 atom stereocenters.